The van der Waals surface area contributed by atoms with E-state index in [1.807, 2.05) is 0 Å². The van der Waals surface area contributed by atoms with E-state index in [1.54, 1.807) is 55.0 Å². The predicted octanol–water partition coefficient (Wildman–Crippen LogP) is 9.41. The average molecular weight is 1360 g/mol. The third kappa shape index (κ3) is 14.4. The Balaban J connectivity index is 0.000000202. The number of fused-ring (bicyclic) bond motifs is 3. The van der Waals surface area contributed by atoms with Gasteiger partial charge in [-0.2, -0.15) is 0 Å². The van der Waals surface area contributed by atoms with Crippen molar-refractivity contribution in [3.8, 4) is 17.2 Å². The van der Waals surface area contributed by atoms with Crippen LogP contribution in [-0.2, 0) is 38.8 Å². The van der Waals surface area contributed by atoms with E-state index in [1.165, 1.54) is 40.6 Å². The van der Waals surface area contributed by atoms with Crippen LogP contribution in [0.15, 0.2) is 87.6 Å². The van der Waals surface area contributed by atoms with Crippen LogP contribution in [0.1, 0.15) is 55.2 Å². The van der Waals surface area contributed by atoms with E-state index in [0.29, 0.717) is 47.3 Å². The number of benzene rings is 1. The second-order valence-electron chi connectivity index (χ2n) is 15.1. The number of anilines is 2. The normalized spacial score (nSPS) is 15.2. The number of hydrogen-bond donors (Lipinski definition) is 2. The number of hydrogen-bond acceptors (Lipinski definition) is 15. The summed E-state index contributed by atoms with van der Waals surface area (Å²) in [6.07, 6.45) is 9.69. The highest BCUT2D eigenvalue weighted by atomic mass is 128. The molecule has 382 valence electrons. The third-order valence-electron chi connectivity index (χ3n) is 10.7. The van der Waals surface area contributed by atoms with E-state index in [-0.39, 0.29) is 93.2 Å². The van der Waals surface area contributed by atoms with Crippen molar-refractivity contribution in [2.45, 2.75) is 70.9 Å². The van der Waals surface area contributed by atoms with E-state index in [0.717, 1.165) is 50.7 Å². The summed E-state index contributed by atoms with van der Waals surface area (Å²) in [6, 6.07) is 13.5. The number of halogens is 7. The number of rotatable bonds is 12. The van der Waals surface area contributed by atoms with Crippen molar-refractivity contribution in [3.05, 3.63) is 143 Å². The maximum absolute atomic E-state index is 13.7. The topological polar surface area (TPSA) is 200 Å². The standard InChI is InChI=1S/C21H21F2N3O4.C15H17ClN2O4.C10H9ClN2O3.I2.HI/c1-28-17-5-4-9-26-20(17)25-19(24-13-7-8-15(22)16(23)11-13)14(21(26)27)12-30-18-6-2-3-10-29-18;1-20-11-5-4-7-18-14(11)17-13(16)10(15(18)19)9-22-12-6-2-3-8-21-12;1-16-7-3-2-4-13-9(7)12-8(11)6(5-14)10(13)15;1-2;/h4-5,7-9,11,18,24H,2-3,6,10,12H2,1H3;4-5,7,12H,2-3,6,8-9H2,1H3;2-4,14H,5H2,1H3;;1H. The van der Waals surface area contributed by atoms with Gasteiger partial charge in [0, 0.05) is 80.8 Å². The summed E-state index contributed by atoms with van der Waals surface area (Å²) in [4.78, 5) is 50.4. The van der Waals surface area contributed by atoms with Gasteiger partial charge in [-0.3, -0.25) is 27.6 Å². The van der Waals surface area contributed by atoms with Crippen LogP contribution in [0.5, 0.6) is 17.2 Å². The molecular weight excluding hydrogens is 1320 g/mol. The molecule has 0 bridgehead atoms. The van der Waals surface area contributed by atoms with Crippen LogP contribution in [0.3, 0.4) is 0 Å². The molecule has 7 aromatic rings. The second kappa shape index (κ2) is 28.4. The number of methoxy groups -OCH3 is 3. The Morgan fingerprint density at radius 3 is 1.54 bits per heavy atom. The molecule has 0 aliphatic carbocycles. The van der Waals surface area contributed by atoms with E-state index >= 15 is 0 Å². The van der Waals surface area contributed by atoms with Crippen LogP contribution < -0.4 is 36.2 Å². The van der Waals surface area contributed by atoms with Crippen LogP contribution in [0.4, 0.5) is 20.3 Å². The largest absolute Gasteiger partial charge is 0.493 e. The second-order valence-corrected chi connectivity index (χ2v) is 15.8. The number of aliphatic hydroxyl groups excluding tert-OH is 1. The minimum absolute atomic E-state index is 0. The van der Waals surface area contributed by atoms with Crippen molar-refractivity contribution >= 4 is 113 Å². The summed E-state index contributed by atoms with van der Waals surface area (Å²) in [6.45, 7) is 0.879. The molecule has 2 fully saturated rings. The van der Waals surface area contributed by atoms with Crippen molar-refractivity contribution in [2.75, 3.05) is 39.9 Å². The Morgan fingerprint density at radius 2 is 1.10 bits per heavy atom. The summed E-state index contributed by atoms with van der Waals surface area (Å²) >= 11 is 16.2. The highest BCUT2D eigenvalue weighted by Gasteiger charge is 2.22. The van der Waals surface area contributed by atoms with Crippen molar-refractivity contribution < 1.29 is 47.0 Å². The van der Waals surface area contributed by atoms with Crippen LogP contribution in [0.2, 0.25) is 10.3 Å². The first-order valence-electron chi connectivity index (χ1n) is 21.5. The molecule has 0 spiro atoms. The fourth-order valence-corrected chi connectivity index (χ4v) is 7.62. The van der Waals surface area contributed by atoms with Gasteiger partial charge in [0.1, 0.15) is 16.1 Å². The quantitative estimate of drug-likeness (QED) is 0.0865. The van der Waals surface area contributed by atoms with Crippen LogP contribution in [0, 0.1) is 11.6 Å². The van der Waals surface area contributed by atoms with Gasteiger partial charge in [0.05, 0.1) is 57.8 Å². The molecule has 0 amide bonds. The zero-order valence-electron chi connectivity index (χ0n) is 38.3. The lowest BCUT2D eigenvalue weighted by atomic mass is 10.2. The average Bonchev–Trinajstić information content (AvgIpc) is 3.38. The molecule has 2 N–H and O–H groups in total. The van der Waals surface area contributed by atoms with Gasteiger partial charge in [-0.1, -0.05) is 23.2 Å². The molecular formula is C46H48Cl2F2I3N7O11. The molecule has 0 saturated carbocycles. The highest BCUT2D eigenvalue weighted by molar-refractivity contribution is 15.0. The monoisotopic (exact) mass is 1360 g/mol. The lowest BCUT2D eigenvalue weighted by Gasteiger charge is -2.23. The smallest absolute Gasteiger partial charge is 0.265 e. The minimum Gasteiger partial charge on any atom is -0.493 e. The summed E-state index contributed by atoms with van der Waals surface area (Å²) < 4.78 is 69.1. The van der Waals surface area contributed by atoms with E-state index in [2.05, 4.69) is 57.5 Å². The molecule has 0 radical (unpaired) electrons. The third-order valence-corrected chi connectivity index (χ3v) is 11.4. The Labute approximate surface area is 455 Å². The first-order chi connectivity index (χ1) is 34.0. The highest BCUT2D eigenvalue weighted by Crippen LogP contribution is 2.26. The van der Waals surface area contributed by atoms with E-state index in [9.17, 15) is 23.2 Å². The molecule has 2 aliphatic heterocycles. The van der Waals surface area contributed by atoms with Crippen molar-refractivity contribution in [1.29, 1.82) is 0 Å². The first kappa shape index (κ1) is 57.8. The molecule has 9 rings (SSSR count). The fourth-order valence-electron chi connectivity index (χ4n) is 7.18. The SMILES string of the molecule is COc1cccn2c(=O)c(CO)c(Cl)nc12.COc1cccn2c(=O)c(COC3CCCCO3)c(Cl)nc12.COc1cccn2c(=O)c(COC3CCCCO3)c(Nc3ccc(F)c(F)c3)nc12.I.II. The number of aromatic nitrogens is 6. The van der Waals surface area contributed by atoms with Gasteiger partial charge in [0.2, 0.25) is 0 Å². The Bertz CT molecular complexity index is 3090. The molecule has 2 aliphatic rings. The van der Waals surface area contributed by atoms with E-state index in [4.69, 9.17) is 61.5 Å². The first-order valence-corrected chi connectivity index (χ1v) is 28.5. The van der Waals surface area contributed by atoms with Gasteiger partial charge >= 0.3 is 0 Å². The number of nitrogens with zero attached hydrogens (tertiary/aromatic N) is 6. The zero-order valence-corrected chi connectivity index (χ0v) is 46.4. The van der Waals surface area contributed by atoms with Gasteiger partial charge < -0.3 is 43.6 Å². The Hall–Kier alpha value is -4.07. The van der Waals surface area contributed by atoms with Gasteiger partial charge in [-0.05, 0) is 87.1 Å². The van der Waals surface area contributed by atoms with Crippen LogP contribution >= 0.6 is 84.4 Å². The molecule has 1 aromatic carbocycles. The predicted molar refractivity (Wildman–Crippen MR) is 290 cm³/mol. The number of nitrogens with one attached hydrogen (secondary N) is 1. The lowest BCUT2D eigenvalue weighted by molar-refractivity contribution is -0.169. The summed E-state index contributed by atoms with van der Waals surface area (Å²) in [5, 5.41) is 12.0. The van der Waals surface area contributed by atoms with Crippen molar-refractivity contribution in [1.82, 2.24) is 28.2 Å². The fraction of sp³-hybridized carbons (Fsp3) is 0.348. The van der Waals surface area contributed by atoms with Gasteiger partial charge in [-0.15, -0.1) is 24.0 Å². The Kier molecular flexibility index (Phi) is 23.1. The Morgan fingerprint density at radius 1 is 0.662 bits per heavy atom. The minimum atomic E-state index is -1.01. The number of aliphatic hydroxyl groups is 1. The van der Waals surface area contributed by atoms with E-state index < -0.39 is 30.1 Å². The molecule has 2 atom stereocenters. The van der Waals surface area contributed by atoms with Gasteiger partial charge in [0.25, 0.3) is 16.7 Å². The number of ether oxygens (including phenoxy) is 7. The number of pyridine rings is 3. The zero-order chi connectivity index (χ0) is 50.3. The molecule has 8 heterocycles. The van der Waals surface area contributed by atoms with Gasteiger partial charge in [-0.25, -0.2) is 23.7 Å². The maximum Gasteiger partial charge on any atom is 0.265 e. The molecule has 2 unspecified atom stereocenters. The molecule has 6 aromatic heterocycles. The molecule has 18 nitrogen and oxygen atoms in total. The van der Waals surface area contributed by atoms with Gasteiger partial charge in [0.15, 0.2) is 58.4 Å². The summed E-state index contributed by atoms with van der Waals surface area (Å²) in [5.74, 6) is -0.469. The van der Waals surface area contributed by atoms with Crippen molar-refractivity contribution in [3.63, 3.8) is 0 Å². The maximum atomic E-state index is 13.7. The molecule has 71 heavy (non-hydrogen) atoms. The summed E-state index contributed by atoms with van der Waals surface area (Å²) in [5.41, 5.74) is 0.868. The lowest BCUT2D eigenvalue weighted by Crippen LogP contribution is -2.26. The van der Waals surface area contributed by atoms with Crippen LogP contribution in [-0.4, -0.2) is 80.4 Å². The summed E-state index contributed by atoms with van der Waals surface area (Å²) in [7, 11) is 4.48. The molecule has 2 saturated heterocycles. The molecule has 25 heteroatoms. The van der Waals surface area contributed by atoms with Crippen molar-refractivity contribution in [2.24, 2.45) is 0 Å². The van der Waals surface area contributed by atoms with Crippen LogP contribution in [0.25, 0.3) is 16.9 Å².